The summed E-state index contributed by atoms with van der Waals surface area (Å²) >= 11 is 0. The number of rotatable bonds is 6. The number of benzene rings is 2. The fraction of sp³-hybridized carbons (Fsp3) is 0.348. The number of carbonyl (C=O) groups is 2. The molecule has 0 bridgehead atoms. The number of hydrogen-bond acceptors (Lipinski definition) is 6. The summed E-state index contributed by atoms with van der Waals surface area (Å²) in [6.45, 7) is 0. The van der Waals surface area contributed by atoms with Crippen molar-refractivity contribution in [1.29, 1.82) is 0 Å². The van der Waals surface area contributed by atoms with Crippen LogP contribution in [-0.4, -0.2) is 38.5 Å². The van der Waals surface area contributed by atoms with E-state index in [1.54, 1.807) is 12.1 Å². The first kappa shape index (κ1) is 20.3. The quantitative estimate of drug-likeness (QED) is 0.453. The maximum absolute atomic E-state index is 11.9. The Labute approximate surface area is 184 Å². The Kier molecular flexibility index (Phi) is 4.78. The third-order valence-electron chi connectivity index (χ3n) is 6.86. The van der Waals surface area contributed by atoms with Crippen molar-refractivity contribution in [1.82, 2.24) is 20.6 Å². The van der Waals surface area contributed by atoms with Crippen LogP contribution in [0.15, 0.2) is 36.4 Å². The predicted molar refractivity (Wildman–Crippen MR) is 117 cm³/mol. The average molecular weight is 432 g/mol. The minimum atomic E-state index is -0.789. The van der Waals surface area contributed by atoms with Crippen molar-refractivity contribution in [2.45, 2.75) is 43.6 Å². The Balaban J connectivity index is 1.80. The molecule has 1 atom stereocenters. The van der Waals surface area contributed by atoms with Crippen molar-refractivity contribution >= 4 is 11.8 Å². The zero-order valence-corrected chi connectivity index (χ0v) is 17.5. The van der Waals surface area contributed by atoms with Crippen molar-refractivity contribution in [3.8, 4) is 0 Å². The van der Waals surface area contributed by atoms with Gasteiger partial charge in [-0.15, -0.1) is 10.2 Å². The molecule has 2 aliphatic rings. The van der Waals surface area contributed by atoms with Crippen LogP contribution in [0, 0.1) is 5.92 Å². The number of carbonyl (C=O) groups excluding carboxylic acids is 2. The lowest BCUT2D eigenvalue weighted by atomic mass is 9.67. The Morgan fingerprint density at radius 2 is 1.56 bits per heavy atom. The molecule has 2 aromatic carbocycles. The number of tetrazole rings is 1. The molecule has 1 saturated carbocycles. The lowest BCUT2D eigenvalue weighted by molar-refractivity contribution is 0.0991. The maximum Gasteiger partial charge on any atom is 0.248 e. The standard InChI is InChI=1S/C23H25N7O2/c24-19(12-1-2-12)11-23(22-27-29-30-28-22)17-7-5-15(20(25)31)9-13(17)3-4-14-10-16(21(26)32)6-8-18(14)23/h5-10,12,19H,1-4,11,24H2,(H2,25,31)(H2,26,32)(H,27,28,29,30)/t19-/m1/s1. The Bertz CT molecular complexity index is 1140. The number of aromatic nitrogens is 4. The van der Waals surface area contributed by atoms with Crippen LogP contribution in [0.3, 0.4) is 0 Å². The van der Waals surface area contributed by atoms with Gasteiger partial charge in [0, 0.05) is 17.2 Å². The van der Waals surface area contributed by atoms with Gasteiger partial charge in [-0.1, -0.05) is 17.3 Å². The van der Waals surface area contributed by atoms with Gasteiger partial charge in [0.15, 0.2) is 5.82 Å². The fourth-order valence-corrected chi connectivity index (χ4v) is 5.09. The number of amides is 2. The number of nitrogens with two attached hydrogens (primary N) is 3. The smallest absolute Gasteiger partial charge is 0.248 e. The molecule has 2 amide bonds. The first-order valence-corrected chi connectivity index (χ1v) is 10.8. The number of nitrogens with zero attached hydrogens (tertiary/aromatic N) is 3. The molecule has 9 heteroatoms. The summed E-state index contributed by atoms with van der Waals surface area (Å²) in [5, 5.41) is 15.3. The van der Waals surface area contributed by atoms with Gasteiger partial charge >= 0.3 is 0 Å². The average Bonchev–Trinajstić information content (AvgIpc) is 3.52. The van der Waals surface area contributed by atoms with Gasteiger partial charge in [-0.3, -0.25) is 9.59 Å². The van der Waals surface area contributed by atoms with E-state index < -0.39 is 17.2 Å². The number of fused-ring (bicyclic) bond motifs is 2. The highest BCUT2D eigenvalue weighted by Crippen LogP contribution is 2.49. The molecular formula is C23H25N7O2. The summed E-state index contributed by atoms with van der Waals surface area (Å²) < 4.78 is 0. The number of hydrogen-bond donors (Lipinski definition) is 4. The maximum atomic E-state index is 11.9. The topological polar surface area (TPSA) is 167 Å². The van der Waals surface area contributed by atoms with Gasteiger partial charge in [0.05, 0.1) is 5.41 Å². The Hall–Kier alpha value is -3.59. The van der Waals surface area contributed by atoms with Crippen LogP contribution >= 0.6 is 0 Å². The zero-order valence-electron chi connectivity index (χ0n) is 17.5. The molecule has 1 aromatic heterocycles. The van der Waals surface area contributed by atoms with E-state index in [-0.39, 0.29) is 6.04 Å². The molecule has 0 spiro atoms. The summed E-state index contributed by atoms with van der Waals surface area (Å²) in [4.78, 5) is 23.8. The summed E-state index contributed by atoms with van der Waals surface area (Å²) in [7, 11) is 0. The molecule has 164 valence electrons. The molecule has 7 N–H and O–H groups in total. The second kappa shape index (κ2) is 7.52. The van der Waals surface area contributed by atoms with Crippen LogP contribution in [0.5, 0.6) is 0 Å². The fourth-order valence-electron chi connectivity index (χ4n) is 5.09. The van der Waals surface area contributed by atoms with Crippen LogP contribution < -0.4 is 17.2 Å². The van der Waals surface area contributed by atoms with Gasteiger partial charge < -0.3 is 17.2 Å². The van der Waals surface area contributed by atoms with E-state index in [2.05, 4.69) is 20.6 Å². The van der Waals surface area contributed by atoms with Crippen molar-refractivity contribution in [3.63, 3.8) is 0 Å². The van der Waals surface area contributed by atoms with Crippen molar-refractivity contribution in [2.24, 2.45) is 23.1 Å². The highest BCUT2D eigenvalue weighted by molar-refractivity contribution is 5.94. The molecule has 9 nitrogen and oxygen atoms in total. The van der Waals surface area contributed by atoms with E-state index >= 15 is 0 Å². The van der Waals surface area contributed by atoms with E-state index in [1.807, 2.05) is 24.3 Å². The van der Waals surface area contributed by atoms with E-state index in [0.717, 1.165) is 35.1 Å². The third-order valence-corrected chi connectivity index (χ3v) is 6.86. The van der Waals surface area contributed by atoms with Gasteiger partial charge in [0.1, 0.15) is 0 Å². The Morgan fingerprint density at radius 1 is 1.00 bits per heavy atom. The monoisotopic (exact) mass is 431 g/mol. The molecule has 1 fully saturated rings. The minimum Gasteiger partial charge on any atom is -0.366 e. The van der Waals surface area contributed by atoms with Crippen LogP contribution in [0.1, 0.15) is 68.1 Å². The molecular weight excluding hydrogens is 406 g/mol. The van der Waals surface area contributed by atoms with Gasteiger partial charge in [0.2, 0.25) is 11.8 Å². The molecule has 0 aliphatic heterocycles. The molecule has 0 saturated heterocycles. The Morgan fingerprint density at radius 3 is 2.00 bits per heavy atom. The number of nitrogens with one attached hydrogen (secondary N) is 1. The number of aromatic amines is 1. The summed E-state index contributed by atoms with van der Waals surface area (Å²) in [6.07, 6.45) is 4.09. The molecule has 32 heavy (non-hydrogen) atoms. The molecule has 3 aromatic rings. The van der Waals surface area contributed by atoms with E-state index in [1.165, 1.54) is 0 Å². The SMILES string of the molecule is NC(=O)c1ccc2c(c1)CCc1cc(C(N)=O)ccc1C2(C[C@@H](N)C1CC1)c1nn[nH]n1. The predicted octanol–water partition coefficient (Wildman–Crippen LogP) is 0.958. The summed E-state index contributed by atoms with van der Waals surface area (Å²) in [5.41, 5.74) is 21.8. The summed E-state index contributed by atoms with van der Waals surface area (Å²) in [6, 6.07) is 11.0. The van der Waals surface area contributed by atoms with Gasteiger partial charge in [-0.25, -0.2) is 0 Å². The third kappa shape index (κ3) is 3.25. The molecule has 0 unspecified atom stereocenters. The second-order valence-electron chi connectivity index (χ2n) is 8.82. The van der Waals surface area contributed by atoms with Crippen molar-refractivity contribution in [2.75, 3.05) is 0 Å². The van der Waals surface area contributed by atoms with Crippen LogP contribution in [0.25, 0.3) is 0 Å². The summed E-state index contributed by atoms with van der Waals surface area (Å²) in [5.74, 6) is -0.00352. The minimum absolute atomic E-state index is 0.0704. The van der Waals surface area contributed by atoms with Crippen molar-refractivity contribution < 1.29 is 9.59 Å². The molecule has 5 rings (SSSR count). The van der Waals surface area contributed by atoms with Gasteiger partial charge in [-0.2, -0.15) is 5.21 Å². The van der Waals surface area contributed by atoms with Crippen LogP contribution in [0.2, 0.25) is 0 Å². The number of aryl methyl sites for hydroxylation is 2. The van der Waals surface area contributed by atoms with Gasteiger partial charge in [-0.05, 0) is 84.5 Å². The molecule has 0 radical (unpaired) electrons. The highest BCUT2D eigenvalue weighted by atomic mass is 16.1. The van der Waals surface area contributed by atoms with Crippen molar-refractivity contribution in [3.05, 3.63) is 75.6 Å². The van der Waals surface area contributed by atoms with Gasteiger partial charge in [0.25, 0.3) is 0 Å². The largest absolute Gasteiger partial charge is 0.366 e. The van der Waals surface area contributed by atoms with E-state index in [0.29, 0.717) is 42.1 Å². The first-order valence-electron chi connectivity index (χ1n) is 10.8. The number of primary amides is 2. The lowest BCUT2D eigenvalue weighted by Crippen LogP contribution is -2.40. The molecule has 2 aliphatic carbocycles. The number of H-pyrrole nitrogens is 1. The van der Waals surface area contributed by atoms with E-state index in [4.69, 9.17) is 17.2 Å². The second-order valence-corrected chi connectivity index (χ2v) is 8.82. The lowest BCUT2D eigenvalue weighted by Gasteiger charge is -2.36. The van der Waals surface area contributed by atoms with E-state index in [9.17, 15) is 9.59 Å². The normalized spacial score (nSPS) is 17.7. The highest BCUT2D eigenvalue weighted by Gasteiger charge is 2.47. The molecule has 1 heterocycles. The van der Waals surface area contributed by atoms with Crippen LogP contribution in [-0.2, 0) is 18.3 Å². The zero-order chi connectivity index (χ0) is 22.5. The van der Waals surface area contributed by atoms with Crippen LogP contribution in [0.4, 0.5) is 0 Å². The first-order chi connectivity index (χ1) is 15.4.